The predicted molar refractivity (Wildman–Crippen MR) is 84.0 cm³/mol. The maximum absolute atomic E-state index is 3.71. The van der Waals surface area contributed by atoms with Gasteiger partial charge in [-0.25, -0.2) is 0 Å². The third-order valence-electron chi connectivity index (χ3n) is 4.21. The van der Waals surface area contributed by atoms with Crippen LogP contribution < -0.4 is 5.32 Å². The molecular weight excluding hydrogens is 218 g/mol. The highest BCUT2D eigenvalue weighted by molar-refractivity contribution is 4.69. The Morgan fingerprint density at radius 3 is 2.06 bits per heavy atom. The maximum atomic E-state index is 3.71. The van der Waals surface area contributed by atoms with Gasteiger partial charge in [0, 0.05) is 6.04 Å². The molecule has 0 spiro atoms. The Hall–Kier alpha value is -0.0400. The van der Waals surface area contributed by atoms with Crippen molar-refractivity contribution in [2.75, 3.05) is 6.54 Å². The Morgan fingerprint density at radius 1 is 0.833 bits per heavy atom. The molecule has 18 heavy (non-hydrogen) atoms. The average Bonchev–Trinajstić information content (AvgIpc) is 2.33. The highest BCUT2D eigenvalue weighted by Gasteiger charge is 2.12. The first kappa shape index (κ1) is 18.0. The van der Waals surface area contributed by atoms with Crippen LogP contribution in [0.25, 0.3) is 0 Å². The minimum atomic E-state index is 0.669. The van der Waals surface area contributed by atoms with E-state index in [2.05, 4.69) is 46.9 Å². The van der Waals surface area contributed by atoms with Crippen molar-refractivity contribution in [1.82, 2.24) is 5.32 Å². The first-order valence-corrected chi connectivity index (χ1v) is 8.20. The summed E-state index contributed by atoms with van der Waals surface area (Å²) in [6.07, 6.45) is 8.18. The van der Waals surface area contributed by atoms with E-state index >= 15 is 0 Å². The van der Waals surface area contributed by atoms with Gasteiger partial charge < -0.3 is 5.32 Å². The molecule has 0 rings (SSSR count). The van der Waals surface area contributed by atoms with Crippen LogP contribution in [0.15, 0.2) is 0 Å². The minimum absolute atomic E-state index is 0.669. The van der Waals surface area contributed by atoms with Crippen LogP contribution >= 0.6 is 0 Å². The summed E-state index contributed by atoms with van der Waals surface area (Å²) in [4.78, 5) is 0. The van der Waals surface area contributed by atoms with Gasteiger partial charge in [0.1, 0.15) is 0 Å². The molecule has 0 aromatic heterocycles. The highest BCUT2D eigenvalue weighted by atomic mass is 14.9. The fourth-order valence-corrected chi connectivity index (χ4v) is 2.30. The third kappa shape index (κ3) is 9.94. The molecule has 0 aliphatic carbocycles. The smallest absolute Gasteiger partial charge is 0.00643 e. The fraction of sp³-hybridized carbons (Fsp3) is 1.00. The first-order valence-electron chi connectivity index (χ1n) is 8.20. The molecule has 0 aromatic rings. The van der Waals surface area contributed by atoms with Crippen LogP contribution in [-0.2, 0) is 0 Å². The van der Waals surface area contributed by atoms with Crippen LogP contribution in [0.1, 0.15) is 80.1 Å². The van der Waals surface area contributed by atoms with Gasteiger partial charge >= 0.3 is 0 Å². The van der Waals surface area contributed by atoms with Crippen molar-refractivity contribution in [2.45, 2.75) is 86.1 Å². The molecule has 1 N–H and O–H groups in total. The molecule has 3 unspecified atom stereocenters. The summed E-state index contributed by atoms with van der Waals surface area (Å²) in [5, 5.41) is 3.71. The van der Waals surface area contributed by atoms with Crippen molar-refractivity contribution in [3.05, 3.63) is 0 Å². The van der Waals surface area contributed by atoms with E-state index in [4.69, 9.17) is 0 Å². The molecule has 0 fully saturated rings. The summed E-state index contributed by atoms with van der Waals surface area (Å²) in [7, 11) is 0. The first-order chi connectivity index (χ1) is 8.47. The Morgan fingerprint density at radius 2 is 1.50 bits per heavy atom. The molecule has 0 saturated carbocycles. The molecule has 1 heteroatoms. The number of hydrogen-bond donors (Lipinski definition) is 1. The van der Waals surface area contributed by atoms with Gasteiger partial charge in [0.2, 0.25) is 0 Å². The SMILES string of the molecule is CCCCC(C)CCNC(C)C(C)CCC(C)C. The zero-order valence-electron chi connectivity index (χ0n) is 13.8. The summed E-state index contributed by atoms with van der Waals surface area (Å²) in [5.74, 6) is 2.53. The quantitative estimate of drug-likeness (QED) is 0.531. The maximum Gasteiger partial charge on any atom is 0.00643 e. The van der Waals surface area contributed by atoms with Gasteiger partial charge in [0.15, 0.2) is 0 Å². The largest absolute Gasteiger partial charge is 0.314 e. The molecule has 0 saturated heterocycles. The Balaban J connectivity index is 3.59. The molecule has 1 nitrogen and oxygen atoms in total. The normalized spacial score (nSPS) is 16.8. The van der Waals surface area contributed by atoms with E-state index in [1.807, 2.05) is 0 Å². The highest BCUT2D eigenvalue weighted by Crippen LogP contribution is 2.16. The molecule has 110 valence electrons. The molecule has 0 aliphatic rings. The fourth-order valence-electron chi connectivity index (χ4n) is 2.30. The summed E-state index contributed by atoms with van der Waals surface area (Å²) in [6, 6.07) is 0.669. The zero-order chi connectivity index (χ0) is 14.0. The number of unbranched alkanes of at least 4 members (excludes halogenated alkanes) is 1. The third-order valence-corrected chi connectivity index (χ3v) is 4.21. The summed E-state index contributed by atoms with van der Waals surface area (Å²) in [6.45, 7) is 15.2. The molecule has 0 aromatic carbocycles. The van der Waals surface area contributed by atoms with Gasteiger partial charge in [0.05, 0.1) is 0 Å². The Bertz CT molecular complexity index is 176. The van der Waals surface area contributed by atoms with Gasteiger partial charge in [-0.05, 0) is 44.1 Å². The second-order valence-corrected chi connectivity index (χ2v) is 6.73. The molecule has 0 bridgehead atoms. The van der Waals surface area contributed by atoms with E-state index in [0.29, 0.717) is 6.04 Å². The monoisotopic (exact) mass is 255 g/mol. The average molecular weight is 255 g/mol. The summed E-state index contributed by atoms with van der Waals surface area (Å²) >= 11 is 0. The van der Waals surface area contributed by atoms with Crippen molar-refractivity contribution >= 4 is 0 Å². The summed E-state index contributed by atoms with van der Waals surface area (Å²) in [5.41, 5.74) is 0. The van der Waals surface area contributed by atoms with Crippen LogP contribution in [0, 0.1) is 17.8 Å². The number of hydrogen-bond acceptors (Lipinski definition) is 1. The van der Waals surface area contributed by atoms with E-state index in [-0.39, 0.29) is 0 Å². The van der Waals surface area contributed by atoms with Crippen LogP contribution in [0.4, 0.5) is 0 Å². The van der Waals surface area contributed by atoms with Gasteiger partial charge in [-0.2, -0.15) is 0 Å². The zero-order valence-corrected chi connectivity index (χ0v) is 13.8. The van der Waals surface area contributed by atoms with Gasteiger partial charge in [-0.3, -0.25) is 0 Å². The van der Waals surface area contributed by atoms with Gasteiger partial charge in [0.25, 0.3) is 0 Å². The number of rotatable bonds is 11. The van der Waals surface area contributed by atoms with Crippen LogP contribution in [-0.4, -0.2) is 12.6 Å². The van der Waals surface area contributed by atoms with E-state index in [9.17, 15) is 0 Å². The Labute approximate surface area is 116 Å². The topological polar surface area (TPSA) is 12.0 Å². The lowest BCUT2D eigenvalue weighted by molar-refractivity contribution is 0.339. The standard InChI is InChI=1S/C17H37N/c1-7-8-9-15(4)12-13-18-17(6)16(5)11-10-14(2)3/h14-18H,7-13H2,1-6H3. The summed E-state index contributed by atoms with van der Waals surface area (Å²) < 4.78 is 0. The van der Waals surface area contributed by atoms with Crippen LogP contribution in [0.5, 0.6) is 0 Å². The number of nitrogens with one attached hydrogen (secondary N) is 1. The van der Waals surface area contributed by atoms with E-state index in [1.165, 1.54) is 45.1 Å². The minimum Gasteiger partial charge on any atom is -0.314 e. The van der Waals surface area contributed by atoms with E-state index in [1.54, 1.807) is 0 Å². The lowest BCUT2D eigenvalue weighted by Crippen LogP contribution is -2.33. The van der Waals surface area contributed by atoms with Gasteiger partial charge in [-0.1, -0.05) is 60.3 Å². The second-order valence-electron chi connectivity index (χ2n) is 6.73. The van der Waals surface area contributed by atoms with Crippen molar-refractivity contribution < 1.29 is 0 Å². The van der Waals surface area contributed by atoms with Crippen molar-refractivity contribution in [3.8, 4) is 0 Å². The van der Waals surface area contributed by atoms with E-state index < -0.39 is 0 Å². The molecule has 0 amide bonds. The van der Waals surface area contributed by atoms with Gasteiger partial charge in [-0.15, -0.1) is 0 Å². The molecule has 0 radical (unpaired) electrons. The lowest BCUT2D eigenvalue weighted by Gasteiger charge is -2.23. The van der Waals surface area contributed by atoms with Crippen molar-refractivity contribution in [1.29, 1.82) is 0 Å². The predicted octanol–water partition coefficient (Wildman–Crippen LogP) is 5.25. The van der Waals surface area contributed by atoms with Crippen molar-refractivity contribution in [3.63, 3.8) is 0 Å². The molecule has 0 heterocycles. The molecule has 0 aliphatic heterocycles. The molecular formula is C17H37N. The van der Waals surface area contributed by atoms with Crippen LogP contribution in [0.3, 0.4) is 0 Å². The van der Waals surface area contributed by atoms with E-state index in [0.717, 1.165) is 17.8 Å². The molecule has 3 atom stereocenters. The lowest BCUT2D eigenvalue weighted by atomic mass is 9.93. The second kappa shape index (κ2) is 10.8. The van der Waals surface area contributed by atoms with Crippen molar-refractivity contribution in [2.24, 2.45) is 17.8 Å². The van der Waals surface area contributed by atoms with Crippen LogP contribution in [0.2, 0.25) is 0 Å². The Kier molecular flexibility index (Phi) is 10.8.